The van der Waals surface area contributed by atoms with E-state index in [4.69, 9.17) is 0 Å². The van der Waals surface area contributed by atoms with Crippen LogP contribution in [0.5, 0.6) is 0 Å². The Kier molecular flexibility index (Phi) is 3.63. The minimum absolute atomic E-state index is 0.665. The third kappa shape index (κ3) is 2.87. The van der Waals surface area contributed by atoms with Crippen molar-refractivity contribution < 1.29 is 0 Å². The fourth-order valence-corrected chi connectivity index (χ4v) is 3.02. The zero-order valence-electron chi connectivity index (χ0n) is 13.1. The van der Waals surface area contributed by atoms with Crippen molar-refractivity contribution in [1.29, 1.82) is 0 Å². The smallest absolute Gasteiger partial charge is 0.254 e. The average Bonchev–Trinajstić information content (AvgIpc) is 3.04. The summed E-state index contributed by atoms with van der Waals surface area (Å²) in [7, 11) is 0. The van der Waals surface area contributed by atoms with Crippen LogP contribution in [0.4, 0.5) is 5.82 Å². The quantitative estimate of drug-likeness (QED) is 0.723. The summed E-state index contributed by atoms with van der Waals surface area (Å²) in [5, 5.41) is 4.30. The monoisotopic (exact) mass is 309 g/mol. The van der Waals surface area contributed by atoms with Crippen LogP contribution in [0.2, 0.25) is 0 Å². The lowest BCUT2D eigenvalue weighted by atomic mass is 10.2. The van der Waals surface area contributed by atoms with E-state index >= 15 is 0 Å². The molecule has 1 aliphatic rings. The summed E-state index contributed by atoms with van der Waals surface area (Å²) in [6, 6.07) is 6.20. The van der Waals surface area contributed by atoms with Gasteiger partial charge in [-0.3, -0.25) is 9.88 Å². The lowest BCUT2D eigenvalue weighted by Gasteiger charge is -2.35. The van der Waals surface area contributed by atoms with Crippen molar-refractivity contribution in [3.63, 3.8) is 0 Å². The second kappa shape index (κ2) is 5.92. The van der Waals surface area contributed by atoms with Gasteiger partial charge in [-0.2, -0.15) is 14.6 Å². The van der Waals surface area contributed by atoms with Crippen molar-refractivity contribution >= 4 is 11.6 Å². The predicted molar refractivity (Wildman–Crippen MR) is 87.2 cm³/mol. The van der Waals surface area contributed by atoms with E-state index in [-0.39, 0.29) is 0 Å². The molecule has 1 fully saturated rings. The molecule has 0 aliphatic carbocycles. The van der Waals surface area contributed by atoms with Crippen molar-refractivity contribution in [3.05, 3.63) is 48.2 Å². The van der Waals surface area contributed by atoms with Crippen molar-refractivity contribution in [2.24, 2.45) is 0 Å². The van der Waals surface area contributed by atoms with E-state index in [1.807, 2.05) is 29.9 Å². The SMILES string of the molecule is Cc1cc(N2CCN(Cc3cccnc3)CC2)n2ncnc2n1. The first-order valence-corrected chi connectivity index (χ1v) is 7.83. The predicted octanol–water partition coefficient (Wildman–Crippen LogP) is 1.15. The van der Waals surface area contributed by atoms with E-state index in [2.05, 4.69) is 42.0 Å². The molecule has 0 unspecified atom stereocenters. The van der Waals surface area contributed by atoms with Gasteiger partial charge >= 0.3 is 0 Å². The van der Waals surface area contributed by atoms with Crippen molar-refractivity contribution in [2.45, 2.75) is 13.5 Å². The molecular weight excluding hydrogens is 290 g/mol. The minimum Gasteiger partial charge on any atom is -0.354 e. The molecular formula is C16H19N7. The van der Waals surface area contributed by atoms with Gasteiger partial charge in [-0.15, -0.1) is 0 Å². The lowest BCUT2D eigenvalue weighted by molar-refractivity contribution is 0.248. The van der Waals surface area contributed by atoms with E-state index in [1.54, 1.807) is 6.33 Å². The summed E-state index contributed by atoms with van der Waals surface area (Å²) >= 11 is 0. The zero-order valence-corrected chi connectivity index (χ0v) is 13.1. The average molecular weight is 309 g/mol. The Morgan fingerprint density at radius 1 is 1.17 bits per heavy atom. The van der Waals surface area contributed by atoms with Crippen LogP contribution < -0.4 is 4.90 Å². The molecule has 3 aromatic heterocycles. The van der Waals surface area contributed by atoms with Gasteiger partial charge in [0.1, 0.15) is 12.1 Å². The second-order valence-corrected chi connectivity index (χ2v) is 5.85. The normalized spacial score (nSPS) is 16.1. The van der Waals surface area contributed by atoms with E-state index in [0.29, 0.717) is 5.78 Å². The molecule has 0 atom stereocenters. The Morgan fingerprint density at radius 2 is 2.04 bits per heavy atom. The number of nitrogens with zero attached hydrogens (tertiary/aromatic N) is 7. The maximum Gasteiger partial charge on any atom is 0.254 e. The van der Waals surface area contributed by atoms with Crippen LogP contribution in [0.3, 0.4) is 0 Å². The third-order valence-electron chi connectivity index (χ3n) is 4.19. The molecule has 7 heteroatoms. The molecule has 23 heavy (non-hydrogen) atoms. The summed E-state index contributed by atoms with van der Waals surface area (Å²) in [4.78, 5) is 17.6. The molecule has 4 heterocycles. The number of fused-ring (bicyclic) bond motifs is 1. The fraction of sp³-hybridized carbons (Fsp3) is 0.375. The zero-order chi connectivity index (χ0) is 15.6. The molecule has 0 radical (unpaired) electrons. The number of hydrogen-bond acceptors (Lipinski definition) is 6. The Labute approximate surface area is 134 Å². The Bertz CT molecular complexity index is 791. The number of aryl methyl sites for hydroxylation is 1. The van der Waals surface area contributed by atoms with Crippen LogP contribution in [0.15, 0.2) is 36.9 Å². The van der Waals surface area contributed by atoms with E-state index in [0.717, 1.165) is 44.2 Å². The maximum absolute atomic E-state index is 4.41. The third-order valence-corrected chi connectivity index (χ3v) is 4.19. The van der Waals surface area contributed by atoms with E-state index < -0.39 is 0 Å². The molecule has 0 aromatic carbocycles. The van der Waals surface area contributed by atoms with Crippen molar-refractivity contribution in [3.8, 4) is 0 Å². The molecule has 1 saturated heterocycles. The Balaban J connectivity index is 1.47. The van der Waals surface area contributed by atoms with Crippen LogP contribution in [0.25, 0.3) is 5.78 Å². The second-order valence-electron chi connectivity index (χ2n) is 5.85. The minimum atomic E-state index is 0.665. The summed E-state index contributed by atoms with van der Waals surface area (Å²) < 4.78 is 1.82. The Hall–Kier alpha value is -2.54. The molecule has 0 bridgehead atoms. The van der Waals surface area contributed by atoms with Gasteiger partial charge in [0.05, 0.1) is 0 Å². The number of anilines is 1. The summed E-state index contributed by atoms with van der Waals surface area (Å²) in [5.41, 5.74) is 2.23. The largest absolute Gasteiger partial charge is 0.354 e. The number of hydrogen-bond donors (Lipinski definition) is 0. The molecule has 1 aliphatic heterocycles. The molecule has 0 saturated carbocycles. The number of pyridine rings is 1. The van der Waals surface area contributed by atoms with Gasteiger partial charge in [0.25, 0.3) is 5.78 Å². The van der Waals surface area contributed by atoms with Gasteiger partial charge in [0, 0.05) is 56.9 Å². The molecule has 7 nitrogen and oxygen atoms in total. The van der Waals surface area contributed by atoms with Gasteiger partial charge in [0.2, 0.25) is 0 Å². The van der Waals surface area contributed by atoms with E-state index in [1.165, 1.54) is 5.56 Å². The van der Waals surface area contributed by atoms with Crippen LogP contribution in [0.1, 0.15) is 11.3 Å². The van der Waals surface area contributed by atoms with Crippen LogP contribution in [0, 0.1) is 6.92 Å². The van der Waals surface area contributed by atoms with Crippen molar-refractivity contribution in [2.75, 3.05) is 31.1 Å². The summed E-state index contributed by atoms with van der Waals surface area (Å²) in [5.74, 6) is 1.74. The fourth-order valence-electron chi connectivity index (χ4n) is 3.02. The molecule has 4 rings (SSSR count). The maximum atomic E-state index is 4.41. The van der Waals surface area contributed by atoms with Gasteiger partial charge in [-0.1, -0.05) is 6.07 Å². The van der Waals surface area contributed by atoms with E-state index in [9.17, 15) is 0 Å². The Morgan fingerprint density at radius 3 is 2.83 bits per heavy atom. The molecule has 0 amide bonds. The van der Waals surface area contributed by atoms with Crippen LogP contribution >= 0.6 is 0 Å². The first-order valence-electron chi connectivity index (χ1n) is 7.83. The van der Waals surface area contributed by atoms with Gasteiger partial charge < -0.3 is 4.90 Å². The highest BCUT2D eigenvalue weighted by Gasteiger charge is 2.20. The van der Waals surface area contributed by atoms with Gasteiger partial charge in [0.15, 0.2) is 0 Å². The molecule has 3 aromatic rings. The number of aromatic nitrogens is 5. The van der Waals surface area contributed by atoms with Gasteiger partial charge in [-0.05, 0) is 18.6 Å². The first-order chi connectivity index (χ1) is 11.3. The molecule has 118 valence electrons. The topological polar surface area (TPSA) is 62.5 Å². The highest BCUT2D eigenvalue weighted by molar-refractivity contribution is 5.47. The van der Waals surface area contributed by atoms with Gasteiger partial charge in [-0.25, -0.2) is 4.98 Å². The number of rotatable bonds is 3. The summed E-state index contributed by atoms with van der Waals surface area (Å²) in [6.07, 6.45) is 5.32. The van der Waals surface area contributed by atoms with Crippen LogP contribution in [-0.2, 0) is 6.54 Å². The van der Waals surface area contributed by atoms with Crippen LogP contribution in [-0.4, -0.2) is 55.6 Å². The highest BCUT2D eigenvalue weighted by Crippen LogP contribution is 2.18. The molecule has 0 N–H and O–H groups in total. The molecule has 0 spiro atoms. The highest BCUT2D eigenvalue weighted by atomic mass is 15.4. The lowest BCUT2D eigenvalue weighted by Crippen LogP contribution is -2.46. The first kappa shape index (κ1) is 14.1. The van der Waals surface area contributed by atoms with Crippen molar-refractivity contribution in [1.82, 2.24) is 29.5 Å². The number of piperazine rings is 1. The summed E-state index contributed by atoms with van der Waals surface area (Å²) in [6.45, 7) is 6.93. The standard InChI is InChI=1S/C16H19N7/c1-13-9-15(23-16(20-13)18-12-19-23)22-7-5-21(6-8-22)11-14-3-2-4-17-10-14/h2-4,9-10,12H,5-8,11H2,1H3.